The summed E-state index contributed by atoms with van der Waals surface area (Å²) in [5.74, 6) is 1.68. The minimum absolute atomic E-state index is 0.0773. The molecule has 0 saturated carbocycles. The molecule has 0 aliphatic rings. The van der Waals surface area contributed by atoms with E-state index in [1.165, 1.54) is 11.8 Å². The van der Waals surface area contributed by atoms with Crippen molar-refractivity contribution in [2.45, 2.75) is 25.6 Å². The van der Waals surface area contributed by atoms with Gasteiger partial charge in [0.25, 0.3) is 0 Å². The van der Waals surface area contributed by atoms with E-state index in [1.807, 2.05) is 67.9 Å². The molecule has 0 aliphatic carbocycles. The zero-order valence-electron chi connectivity index (χ0n) is 17.8. The van der Waals surface area contributed by atoms with Crippen molar-refractivity contribution in [1.82, 2.24) is 14.8 Å². The highest BCUT2D eigenvalue weighted by atomic mass is 32.2. The summed E-state index contributed by atoms with van der Waals surface area (Å²) in [5.41, 5.74) is 3.05. The van der Waals surface area contributed by atoms with Gasteiger partial charge >= 0.3 is 0 Å². The molecule has 0 bridgehead atoms. The van der Waals surface area contributed by atoms with Gasteiger partial charge in [0.1, 0.15) is 12.4 Å². The molecule has 1 heterocycles. The Morgan fingerprint density at radius 3 is 2.58 bits per heavy atom. The lowest BCUT2D eigenvalue weighted by Gasteiger charge is -2.09. The summed E-state index contributed by atoms with van der Waals surface area (Å²) in [6.07, 6.45) is 0. The molecule has 6 nitrogen and oxygen atoms in total. The molecule has 3 aromatic carbocycles. The minimum atomic E-state index is -0.0773. The van der Waals surface area contributed by atoms with Gasteiger partial charge in [-0.15, -0.1) is 10.2 Å². The summed E-state index contributed by atoms with van der Waals surface area (Å²) < 4.78 is 7.88. The largest absolute Gasteiger partial charge is 0.485 e. The molecular weight excluding hydrogens is 408 g/mol. The number of carbonyl (C=O) groups excluding carboxylic acids is 1. The average molecular weight is 433 g/mol. The van der Waals surface area contributed by atoms with Crippen LogP contribution in [0, 0.1) is 13.8 Å². The van der Waals surface area contributed by atoms with E-state index in [4.69, 9.17) is 4.74 Å². The van der Waals surface area contributed by atoms with Gasteiger partial charge in [-0.05, 0) is 48.6 Å². The maximum atomic E-state index is 12.3. The number of aromatic nitrogens is 3. The fourth-order valence-electron chi connectivity index (χ4n) is 3.43. The van der Waals surface area contributed by atoms with E-state index in [2.05, 4.69) is 33.7 Å². The first-order valence-corrected chi connectivity index (χ1v) is 11.0. The first-order valence-electron chi connectivity index (χ1n) is 9.99. The van der Waals surface area contributed by atoms with Crippen molar-refractivity contribution < 1.29 is 9.53 Å². The summed E-state index contributed by atoms with van der Waals surface area (Å²) in [5, 5.41) is 14.2. The lowest BCUT2D eigenvalue weighted by Crippen LogP contribution is -2.14. The van der Waals surface area contributed by atoms with E-state index in [9.17, 15) is 4.79 Å². The van der Waals surface area contributed by atoms with Crippen LogP contribution >= 0.6 is 11.8 Å². The number of aryl methyl sites for hydroxylation is 2. The van der Waals surface area contributed by atoms with Crippen LogP contribution in [0.5, 0.6) is 5.75 Å². The predicted octanol–water partition coefficient (Wildman–Crippen LogP) is 4.89. The Morgan fingerprint density at radius 2 is 1.77 bits per heavy atom. The Kier molecular flexibility index (Phi) is 6.23. The lowest BCUT2D eigenvalue weighted by atomic mass is 10.1. The van der Waals surface area contributed by atoms with Gasteiger partial charge in [0.2, 0.25) is 5.91 Å². The standard InChI is InChI=1S/C24H24N4O2S/c1-16-11-17(2)13-19(12-16)25-23(29)15-31-24-27-26-22(28(24)3)14-30-21-10-6-8-18-7-4-5-9-20(18)21/h4-13H,14-15H2,1-3H3,(H,25,29). The number of hydrogen-bond donors (Lipinski definition) is 1. The molecule has 7 heteroatoms. The highest BCUT2D eigenvalue weighted by molar-refractivity contribution is 7.99. The van der Waals surface area contributed by atoms with Crippen molar-refractivity contribution >= 4 is 34.1 Å². The molecule has 1 amide bonds. The van der Waals surface area contributed by atoms with Gasteiger partial charge in [-0.3, -0.25) is 4.79 Å². The molecule has 0 fully saturated rings. The molecule has 4 rings (SSSR count). The topological polar surface area (TPSA) is 69.0 Å². The Balaban J connectivity index is 1.36. The molecule has 31 heavy (non-hydrogen) atoms. The van der Waals surface area contributed by atoms with Crippen LogP contribution < -0.4 is 10.1 Å². The number of carbonyl (C=O) groups is 1. The van der Waals surface area contributed by atoms with Crippen molar-refractivity contribution in [3.63, 3.8) is 0 Å². The van der Waals surface area contributed by atoms with Gasteiger partial charge < -0.3 is 14.6 Å². The van der Waals surface area contributed by atoms with Crippen LogP contribution in [0.4, 0.5) is 5.69 Å². The number of ether oxygens (including phenoxy) is 1. The van der Waals surface area contributed by atoms with Crippen LogP contribution in [-0.4, -0.2) is 26.4 Å². The fourth-order valence-corrected chi connectivity index (χ4v) is 4.16. The Morgan fingerprint density at radius 1 is 1.03 bits per heavy atom. The summed E-state index contributed by atoms with van der Waals surface area (Å²) in [6.45, 7) is 4.32. The van der Waals surface area contributed by atoms with Crippen LogP contribution in [0.1, 0.15) is 17.0 Å². The van der Waals surface area contributed by atoms with Crippen LogP contribution in [0.25, 0.3) is 10.8 Å². The number of anilines is 1. The minimum Gasteiger partial charge on any atom is -0.485 e. The lowest BCUT2D eigenvalue weighted by molar-refractivity contribution is -0.113. The summed E-state index contributed by atoms with van der Waals surface area (Å²) in [7, 11) is 1.88. The second kappa shape index (κ2) is 9.22. The molecule has 1 N–H and O–H groups in total. The molecule has 1 aromatic heterocycles. The van der Waals surface area contributed by atoms with Crippen LogP contribution in [0.3, 0.4) is 0 Å². The van der Waals surface area contributed by atoms with Crippen LogP contribution in [-0.2, 0) is 18.4 Å². The first kappa shape index (κ1) is 20.9. The number of amides is 1. The number of nitrogens with zero attached hydrogens (tertiary/aromatic N) is 3. The van der Waals surface area contributed by atoms with Crippen LogP contribution in [0.2, 0.25) is 0 Å². The van der Waals surface area contributed by atoms with Gasteiger partial charge in [-0.1, -0.05) is 54.2 Å². The smallest absolute Gasteiger partial charge is 0.234 e. The highest BCUT2D eigenvalue weighted by Crippen LogP contribution is 2.26. The normalized spacial score (nSPS) is 10.9. The van der Waals surface area contributed by atoms with Crippen molar-refractivity contribution in [3.8, 4) is 5.75 Å². The number of rotatable bonds is 7. The molecule has 0 radical (unpaired) electrons. The SMILES string of the molecule is Cc1cc(C)cc(NC(=O)CSc2nnc(COc3cccc4ccccc34)n2C)c1. The summed E-state index contributed by atoms with van der Waals surface area (Å²) >= 11 is 1.35. The highest BCUT2D eigenvalue weighted by Gasteiger charge is 2.13. The van der Waals surface area contributed by atoms with E-state index >= 15 is 0 Å². The zero-order chi connectivity index (χ0) is 21.8. The number of fused-ring (bicyclic) bond motifs is 1. The average Bonchev–Trinajstić information content (AvgIpc) is 3.09. The van der Waals surface area contributed by atoms with Gasteiger partial charge in [0, 0.05) is 18.1 Å². The Bertz CT molecular complexity index is 1210. The van der Waals surface area contributed by atoms with E-state index in [-0.39, 0.29) is 11.7 Å². The quantitative estimate of drug-likeness (QED) is 0.421. The van der Waals surface area contributed by atoms with Crippen molar-refractivity contribution in [3.05, 3.63) is 77.6 Å². The maximum absolute atomic E-state index is 12.3. The summed E-state index contributed by atoms with van der Waals surface area (Å²) in [4.78, 5) is 12.3. The monoisotopic (exact) mass is 432 g/mol. The fraction of sp³-hybridized carbons (Fsp3) is 0.208. The number of thioether (sulfide) groups is 1. The third-order valence-electron chi connectivity index (χ3n) is 4.87. The number of benzene rings is 3. The van der Waals surface area contributed by atoms with Gasteiger partial charge in [-0.2, -0.15) is 0 Å². The first-order chi connectivity index (χ1) is 15.0. The molecule has 0 spiro atoms. The van der Waals surface area contributed by atoms with E-state index < -0.39 is 0 Å². The molecule has 158 valence electrons. The van der Waals surface area contributed by atoms with Gasteiger partial charge in [0.05, 0.1) is 5.75 Å². The number of nitrogens with one attached hydrogen (secondary N) is 1. The molecule has 4 aromatic rings. The summed E-state index contributed by atoms with van der Waals surface area (Å²) in [6, 6.07) is 20.1. The Hall–Kier alpha value is -3.32. The Labute approximate surface area is 185 Å². The van der Waals surface area contributed by atoms with Gasteiger partial charge in [-0.25, -0.2) is 0 Å². The van der Waals surface area contributed by atoms with E-state index in [0.717, 1.165) is 33.3 Å². The zero-order valence-corrected chi connectivity index (χ0v) is 18.6. The van der Waals surface area contributed by atoms with Crippen LogP contribution in [0.15, 0.2) is 65.8 Å². The van der Waals surface area contributed by atoms with Crippen molar-refractivity contribution in [2.75, 3.05) is 11.1 Å². The van der Waals surface area contributed by atoms with Gasteiger partial charge in [0.15, 0.2) is 11.0 Å². The van der Waals surface area contributed by atoms with E-state index in [1.54, 1.807) is 0 Å². The predicted molar refractivity (Wildman–Crippen MR) is 125 cm³/mol. The molecule has 0 atom stereocenters. The number of hydrogen-bond acceptors (Lipinski definition) is 5. The maximum Gasteiger partial charge on any atom is 0.234 e. The molecular formula is C24H24N4O2S. The third-order valence-corrected chi connectivity index (χ3v) is 5.89. The second-order valence-corrected chi connectivity index (χ2v) is 8.38. The van der Waals surface area contributed by atoms with Crippen molar-refractivity contribution in [1.29, 1.82) is 0 Å². The third kappa shape index (κ3) is 5.06. The molecule has 0 unspecified atom stereocenters. The van der Waals surface area contributed by atoms with Crippen molar-refractivity contribution in [2.24, 2.45) is 7.05 Å². The second-order valence-electron chi connectivity index (χ2n) is 7.44. The van der Waals surface area contributed by atoms with E-state index in [0.29, 0.717) is 17.6 Å². The molecule has 0 aliphatic heterocycles. The molecule has 0 saturated heterocycles.